The summed E-state index contributed by atoms with van der Waals surface area (Å²) in [5.41, 5.74) is 10.5. The van der Waals surface area contributed by atoms with Gasteiger partial charge in [-0.15, -0.1) is 0 Å². The van der Waals surface area contributed by atoms with E-state index in [1.165, 1.54) is 19.0 Å². The van der Waals surface area contributed by atoms with Crippen molar-refractivity contribution in [2.24, 2.45) is 10.7 Å². The minimum Gasteiger partial charge on any atom is -0.404 e. The third-order valence-corrected chi connectivity index (χ3v) is 7.95. The van der Waals surface area contributed by atoms with Gasteiger partial charge in [-0.2, -0.15) is 0 Å². The Morgan fingerprint density at radius 1 is 1.34 bits per heavy atom. The van der Waals surface area contributed by atoms with Crippen molar-refractivity contribution in [3.8, 4) is 0 Å². The number of ether oxygens (including phenoxy) is 1. The van der Waals surface area contributed by atoms with Gasteiger partial charge in [0.05, 0.1) is 29.6 Å². The van der Waals surface area contributed by atoms with Crippen molar-refractivity contribution in [3.05, 3.63) is 70.5 Å². The molecule has 0 spiro atoms. The summed E-state index contributed by atoms with van der Waals surface area (Å²) < 4.78 is 5.38. The molecule has 0 radical (unpaired) electrons. The Kier molecular flexibility index (Phi) is 10.1. The number of nitrogens with zero attached hydrogens (tertiary/aromatic N) is 3. The summed E-state index contributed by atoms with van der Waals surface area (Å²) in [6.07, 6.45) is 14.2. The summed E-state index contributed by atoms with van der Waals surface area (Å²) in [5.74, 6) is -0.464. The lowest BCUT2D eigenvalue weighted by Crippen LogP contribution is -2.43. The van der Waals surface area contributed by atoms with Gasteiger partial charge in [-0.25, -0.2) is 0 Å². The van der Waals surface area contributed by atoms with Crippen molar-refractivity contribution in [1.29, 1.82) is 0 Å². The van der Waals surface area contributed by atoms with Crippen molar-refractivity contribution in [2.45, 2.75) is 65.0 Å². The third-order valence-electron chi connectivity index (χ3n) is 7.95. The number of nitrogens with one attached hydrogen (secondary N) is 3. The summed E-state index contributed by atoms with van der Waals surface area (Å²) >= 11 is 0. The average molecular weight is 562 g/mol. The van der Waals surface area contributed by atoms with Crippen LogP contribution >= 0.6 is 0 Å². The number of likely N-dealkylation sites (tertiary alicyclic amines) is 1. The zero-order valence-corrected chi connectivity index (χ0v) is 24.6. The number of carbonyl (C=O) groups is 2. The molecule has 5 N–H and O–H groups in total. The van der Waals surface area contributed by atoms with Gasteiger partial charge >= 0.3 is 0 Å². The number of aryl methyl sites for hydroxylation is 1. The second-order valence-electron chi connectivity index (χ2n) is 11.2. The van der Waals surface area contributed by atoms with Gasteiger partial charge in [-0.3, -0.25) is 24.5 Å². The maximum atomic E-state index is 13.3. The molecule has 4 rings (SSSR count). The molecule has 3 aliphatic heterocycles. The Morgan fingerprint density at radius 3 is 2.80 bits per heavy atom. The molecule has 10 heteroatoms. The maximum Gasteiger partial charge on any atom is 0.253 e. The number of pyridine rings is 1. The van der Waals surface area contributed by atoms with E-state index in [2.05, 4.69) is 44.7 Å². The number of dihydropyridines is 1. The quantitative estimate of drug-likeness (QED) is 0.254. The Morgan fingerprint density at radius 2 is 2.17 bits per heavy atom. The van der Waals surface area contributed by atoms with Gasteiger partial charge in [-0.05, 0) is 65.1 Å². The minimum atomic E-state index is -0.257. The summed E-state index contributed by atoms with van der Waals surface area (Å²) in [7, 11) is 0. The predicted molar refractivity (Wildman–Crippen MR) is 162 cm³/mol. The molecule has 0 saturated carbocycles. The van der Waals surface area contributed by atoms with Crippen LogP contribution in [0.2, 0.25) is 0 Å². The van der Waals surface area contributed by atoms with Crippen LogP contribution in [0.1, 0.15) is 62.5 Å². The molecule has 2 fully saturated rings. The molecule has 4 heterocycles. The van der Waals surface area contributed by atoms with E-state index in [1.807, 2.05) is 25.3 Å². The summed E-state index contributed by atoms with van der Waals surface area (Å²) in [5, 5.41) is 9.18. The first kappa shape index (κ1) is 30.2. The van der Waals surface area contributed by atoms with Gasteiger partial charge in [0.25, 0.3) is 11.8 Å². The average Bonchev–Trinajstić information content (AvgIpc) is 3.60. The molecule has 0 aliphatic carbocycles. The second kappa shape index (κ2) is 13.7. The highest BCUT2D eigenvalue weighted by Crippen LogP contribution is 2.27. The zero-order valence-electron chi connectivity index (χ0n) is 24.6. The lowest BCUT2D eigenvalue weighted by atomic mass is 10.0. The number of carbonyl (C=O) groups excluding carboxylic acids is 2. The molecule has 0 bridgehead atoms. The highest BCUT2D eigenvalue weighted by Gasteiger charge is 2.31. The Labute approximate surface area is 242 Å². The van der Waals surface area contributed by atoms with E-state index in [1.54, 1.807) is 25.4 Å². The summed E-state index contributed by atoms with van der Waals surface area (Å²) in [6, 6.07) is 1.84. The van der Waals surface area contributed by atoms with Gasteiger partial charge < -0.3 is 26.4 Å². The van der Waals surface area contributed by atoms with Crippen LogP contribution in [0.15, 0.2) is 64.2 Å². The molecule has 2 amide bonds. The SMILES string of the molecule is CC/C(C(=O)Nc1cc(C(=O)NCCN2CCCC2(C)C)cnc1C)=C1/C=CC(/C(C=NC2CCOC2)=C/N)=CN1. The van der Waals surface area contributed by atoms with Gasteiger partial charge in [-0.1, -0.05) is 13.0 Å². The number of hydrogen-bond acceptors (Lipinski definition) is 8. The number of hydrogen-bond donors (Lipinski definition) is 4. The molecule has 0 aromatic carbocycles. The molecular formula is C31H43N7O3. The normalized spacial score (nSPS) is 22.0. The zero-order chi connectivity index (χ0) is 29.4. The molecule has 1 aromatic rings. The Bertz CT molecular complexity index is 1290. The largest absolute Gasteiger partial charge is 0.404 e. The number of rotatable bonds is 10. The van der Waals surface area contributed by atoms with Crippen molar-refractivity contribution in [3.63, 3.8) is 0 Å². The van der Waals surface area contributed by atoms with Crippen LogP contribution in [0.5, 0.6) is 0 Å². The fraction of sp³-hybridized carbons (Fsp3) is 0.484. The predicted octanol–water partition coefficient (Wildman–Crippen LogP) is 3.34. The number of allylic oxidation sites excluding steroid dienone is 4. The van der Waals surface area contributed by atoms with Crippen LogP contribution in [0.4, 0.5) is 5.69 Å². The van der Waals surface area contributed by atoms with Gasteiger partial charge in [0.1, 0.15) is 0 Å². The van der Waals surface area contributed by atoms with Crippen LogP contribution in [0.25, 0.3) is 0 Å². The van der Waals surface area contributed by atoms with Crippen LogP contribution in [0.3, 0.4) is 0 Å². The fourth-order valence-corrected chi connectivity index (χ4v) is 5.27. The van der Waals surface area contributed by atoms with E-state index in [9.17, 15) is 9.59 Å². The number of aromatic nitrogens is 1. The topological polar surface area (TPSA) is 134 Å². The Balaban J connectivity index is 1.38. The maximum absolute atomic E-state index is 13.3. The number of anilines is 1. The smallest absolute Gasteiger partial charge is 0.253 e. The number of nitrogens with two attached hydrogens (primary N) is 1. The summed E-state index contributed by atoms with van der Waals surface area (Å²) in [4.78, 5) is 37.5. The molecule has 220 valence electrons. The lowest BCUT2D eigenvalue weighted by Gasteiger charge is -2.31. The highest BCUT2D eigenvalue weighted by atomic mass is 16.5. The van der Waals surface area contributed by atoms with Crippen LogP contribution in [-0.2, 0) is 9.53 Å². The van der Waals surface area contributed by atoms with E-state index in [-0.39, 0.29) is 23.4 Å². The van der Waals surface area contributed by atoms with Crippen molar-refractivity contribution >= 4 is 23.7 Å². The highest BCUT2D eigenvalue weighted by molar-refractivity contribution is 6.05. The molecule has 10 nitrogen and oxygen atoms in total. The standard InChI is InChI=1S/C31H43N7O3/c1-5-26(27-8-7-22(17-36-27)24(16-32)19-35-25-9-14-41-20-25)30(40)37-28-15-23(18-34-21(28)2)29(39)33-11-13-38-12-6-10-31(38,3)4/h7-8,15-19,25,36H,5-6,9-14,20,32H2,1-4H3,(H,33,39)(H,37,40)/b24-16+,27-26+,35-19?. The van der Waals surface area contributed by atoms with Gasteiger partial charge in [0.2, 0.25) is 0 Å². The minimum absolute atomic E-state index is 0.154. The fourth-order valence-electron chi connectivity index (χ4n) is 5.27. The van der Waals surface area contributed by atoms with Crippen LogP contribution in [0, 0.1) is 6.92 Å². The number of amides is 2. The first-order valence-corrected chi connectivity index (χ1v) is 14.4. The molecule has 1 atom stereocenters. The van der Waals surface area contributed by atoms with Crippen LogP contribution < -0.4 is 21.7 Å². The molecule has 1 unspecified atom stereocenters. The van der Waals surface area contributed by atoms with E-state index in [0.29, 0.717) is 47.8 Å². The number of aliphatic imine (C=N–C) groups is 1. The van der Waals surface area contributed by atoms with E-state index in [4.69, 9.17) is 10.5 Å². The van der Waals surface area contributed by atoms with Crippen LogP contribution in [-0.4, -0.2) is 72.3 Å². The van der Waals surface area contributed by atoms with Crippen molar-refractivity contribution < 1.29 is 14.3 Å². The third kappa shape index (κ3) is 7.71. The molecule has 1 aromatic heterocycles. The van der Waals surface area contributed by atoms with E-state index in [0.717, 1.165) is 37.3 Å². The van der Waals surface area contributed by atoms with E-state index >= 15 is 0 Å². The first-order chi connectivity index (χ1) is 19.7. The lowest BCUT2D eigenvalue weighted by molar-refractivity contribution is -0.113. The molecular weight excluding hydrogens is 518 g/mol. The molecule has 3 aliphatic rings. The second-order valence-corrected chi connectivity index (χ2v) is 11.2. The Hall–Kier alpha value is -3.76. The first-order valence-electron chi connectivity index (χ1n) is 14.4. The van der Waals surface area contributed by atoms with Gasteiger partial charge in [0, 0.05) is 72.5 Å². The summed E-state index contributed by atoms with van der Waals surface area (Å²) in [6.45, 7) is 12.0. The molecule has 2 saturated heterocycles. The van der Waals surface area contributed by atoms with Crippen molar-refractivity contribution in [2.75, 3.05) is 38.2 Å². The monoisotopic (exact) mass is 561 g/mol. The molecule has 41 heavy (non-hydrogen) atoms. The van der Waals surface area contributed by atoms with Crippen molar-refractivity contribution in [1.82, 2.24) is 20.5 Å². The van der Waals surface area contributed by atoms with Gasteiger partial charge in [0.15, 0.2) is 0 Å². The van der Waals surface area contributed by atoms with E-state index < -0.39 is 0 Å².